The monoisotopic (exact) mass is 372 g/mol. The number of carbonyl (C=O) groups excluding carboxylic acids is 2. The first-order valence-corrected chi connectivity index (χ1v) is 8.81. The topological polar surface area (TPSA) is 67.8 Å². The quantitative estimate of drug-likeness (QED) is 0.844. The molecule has 1 aromatic carbocycles. The van der Waals surface area contributed by atoms with Gasteiger partial charge >= 0.3 is 0 Å². The summed E-state index contributed by atoms with van der Waals surface area (Å²) in [6.07, 6.45) is 0. The lowest BCUT2D eigenvalue weighted by Gasteiger charge is -2.31. The van der Waals surface area contributed by atoms with Crippen molar-refractivity contribution in [1.82, 2.24) is 4.90 Å². The number of amides is 2. The summed E-state index contributed by atoms with van der Waals surface area (Å²) in [6.45, 7) is 2.91. The Morgan fingerprint density at radius 1 is 1.26 bits per heavy atom. The number of fused-ring (bicyclic) bond motifs is 1. The molecule has 5 nitrogen and oxygen atoms in total. The smallest absolute Gasteiger partial charge is 0.272 e. The van der Waals surface area contributed by atoms with Gasteiger partial charge in [0.2, 0.25) is 0 Å². The number of nitrogens with one attached hydrogen (secondary N) is 1. The molecule has 122 valence electrons. The normalized spacial score (nSPS) is 16.0. The van der Waals surface area contributed by atoms with Gasteiger partial charge in [0, 0.05) is 15.1 Å². The van der Waals surface area contributed by atoms with Crippen LogP contribution in [0.1, 0.15) is 9.67 Å². The van der Waals surface area contributed by atoms with E-state index in [-0.39, 0.29) is 11.8 Å². The van der Waals surface area contributed by atoms with Crippen LogP contribution in [0.4, 0.5) is 0 Å². The highest BCUT2D eigenvalue weighted by molar-refractivity contribution is 7.21. The van der Waals surface area contributed by atoms with E-state index in [9.17, 15) is 9.59 Å². The molecule has 3 N–H and O–H groups in total. The third kappa shape index (κ3) is 3.45. The molecular formula is C15H16Cl2N3O2S+. The molecule has 23 heavy (non-hydrogen) atoms. The third-order valence-electron chi connectivity index (χ3n) is 3.97. The lowest BCUT2D eigenvalue weighted by atomic mass is 10.2. The number of rotatable bonds is 3. The standard InChI is InChI=1S/C15H15Cl2N3O2S/c16-9-1-2-10-11(7-9)23-14(13(10)17)15(22)20-5-3-19(4-6-20)8-12(18)21/h1-2,7H,3-6,8H2,(H2,18,21)/p+1. The van der Waals surface area contributed by atoms with Crippen molar-refractivity contribution in [2.45, 2.75) is 0 Å². The van der Waals surface area contributed by atoms with E-state index in [0.29, 0.717) is 47.6 Å². The SMILES string of the molecule is NC(=O)C[NH+]1CCN(C(=O)c2sc3cc(Cl)ccc3c2Cl)CC1. The van der Waals surface area contributed by atoms with E-state index in [2.05, 4.69) is 0 Å². The molecule has 3 rings (SSSR count). The van der Waals surface area contributed by atoms with E-state index in [1.54, 1.807) is 11.0 Å². The van der Waals surface area contributed by atoms with Crippen molar-refractivity contribution in [2.75, 3.05) is 32.7 Å². The van der Waals surface area contributed by atoms with Crippen LogP contribution in [0.5, 0.6) is 0 Å². The second-order valence-corrected chi connectivity index (χ2v) is 7.44. The Morgan fingerprint density at radius 2 is 1.96 bits per heavy atom. The van der Waals surface area contributed by atoms with Crippen LogP contribution in [-0.4, -0.2) is 49.4 Å². The molecule has 0 atom stereocenters. The van der Waals surface area contributed by atoms with E-state index in [4.69, 9.17) is 28.9 Å². The van der Waals surface area contributed by atoms with Crippen LogP contribution in [0.2, 0.25) is 10.0 Å². The summed E-state index contributed by atoms with van der Waals surface area (Å²) in [5.74, 6) is -0.380. The van der Waals surface area contributed by atoms with Crippen LogP contribution in [-0.2, 0) is 4.79 Å². The number of halogens is 2. The molecule has 0 unspecified atom stereocenters. The third-order valence-corrected chi connectivity index (χ3v) is 5.85. The molecule has 2 aromatic rings. The first kappa shape index (κ1) is 16.5. The predicted octanol–water partition coefficient (Wildman–Crippen LogP) is 1.03. The van der Waals surface area contributed by atoms with Gasteiger partial charge in [-0.05, 0) is 12.1 Å². The van der Waals surface area contributed by atoms with E-state index < -0.39 is 0 Å². The van der Waals surface area contributed by atoms with Gasteiger partial charge in [-0.25, -0.2) is 0 Å². The molecule has 8 heteroatoms. The Kier molecular flexibility index (Phi) is 4.77. The number of hydrogen-bond donors (Lipinski definition) is 2. The maximum absolute atomic E-state index is 12.7. The minimum atomic E-state index is -0.316. The van der Waals surface area contributed by atoms with Crippen molar-refractivity contribution in [3.8, 4) is 0 Å². The Labute approximate surface area is 147 Å². The van der Waals surface area contributed by atoms with Crippen LogP contribution in [0.3, 0.4) is 0 Å². The second kappa shape index (κ2) is 6.65. The Balaban J connectivity index is 1.76. The molecule has 0 saturated carbocycles. The van der Waals surface area contributed by atoms with Crippen LogP contribution in [0, 0.1) is 0 Å². The van der Waals surface area contributed by atoms with Gasteiger partial charge in [-0.2, -0.15) is 0 Å². The van der Waals surface area contributed by atoms with Crippen LogP contribution in [0.15, 0.2) is 18.2 Å². The van der Waals surface area contributed by atoms with Gasteiger partial charge in [-0.15, -0.1) is 11.3 Å². The Morgan fingerprint density at radius 3 is 2.61 bits per heavy atom. The fraction of sp³-hybridized carbons (Fsp3) is 0.333. The zero-order valence-corrected chi connectivity index (χ0v) is 14.6. The molecule has 1 saturated heterocycles. The first-order chi connectivity index (χ1) is 11.0. The summed E-state index contributed by atoms with van der Waals surface area (Å²) in [5, 5.41) is 1.96. The summed E-state index contributed by atoms with van der Waals surface area (Å²) in [4.78, 5) is 27.1. The van der Waals surface area contributed by atoms with E-state index in [1.165, 1.54) is 11.3 Å². The number of nitrogens with zero attached hydrogens (tertiary/aromatic N) is 1. The molecule has 0 radical (unpaired) electrons. The average Bonchev–Trinajstić information content (AvgIpc) is 2.83. The predicted molar refractivity (Wildman–Crippen MR) is 92.5 cm³/mol. The number of piperazine rings is 1. The molecule has 1 aliphatic rings. The maximum atomic E-state index is 12.7. The maximum Gasteiger partial charge on any atom is 0.272 e. The van der Waals surface area contributed by atoms with Crippen molar-refractivity contribution < 1.29 is 14.5 Å². The fourth-order valence-electron chi connectivity index (χ4n) is 2.77. The van der Waals surface area contributed by atoms with Crippen molar-refractivity contribution in [2.24, 2.45) is 5.73 Å². The lowest BCUT2D eigenvalue weighted by Crippen LogP contribution is -3.15. The summed E-state index contributed by atoms with van der Waals surface area (Å²) >= 11 is 13.7. The summed E-state index contributed by atoms with van der Waals surface area (Å²) in [7, 11) is 0. The lowest BCUT2D eigenvalue weighted by molar-refractivity contribution is -0.895. The van der Waals surface area contributed by atoms with Gasteiger partial charge in [-0.3, -0.25) is 9.59 Å². The first-order valence-electron chi connectivity index (χ1n) is 7.24. The van der Waals surface area contributed by atoms with Gasteiger partial charge in [-0.1, -0.05) is 29.3 Å². The highest BCUT2D eigenvalue weighted by Gasteiger charge is 2.28. The number of hydrogen-bond acceptors (Lipinski definition) is 3. The van der Waals surface area contributed by atoms with Gasteiger partial charge in [0.1, 0.15) is 4.88 Å². The van der Waals surface area contributed by atoms with Gasteiger partial charge < -0.3 is 15.5 Å². The molecular weight excluding hydrogens is 357 g/mol. The minimum Gasteiger partial charge on any atom is -0.365 e. The number of primary amides is 1. The number of quaternary nitrogens is 1. The van der Waals surface area contributed by atoms with Crippen LogP contribution in [0.25, 0.3) is 10.1 Å². The molecule has 0 aliphatic carbocycles. The summed E-state index contributed by atoms with van der Waals surface area (Å²) in [5.41, 5.74) is 5.22. The van der Waals surface area contributed by atoms with Crippen molar-refractivity contribution in [3.05, 3.63) is 33.1 Å². The average molecular weight is 373 g/mol. The molecule has 1 aromatic heterocycles. The molecule has 1 aliphatic heterocycles. The zero-order valence-electron chi connectivity index (χ0n) is 12.3. The molecule has 2 heterocycles. The summed E-state index contributed by atoms with van der Waals surface area (Å²) < 4.78 is 0.906. The highest BCUT2D eigenvalue weighted by atomic mass is 35.5. The van der Waals surface area contributed by atoms with Gasteiger partial charge in [0.05, 0.1) is 31.2 Å². The van der Waals surface area contributed by atoms with Crippen LogP contribution >= 0.6 is 34.5 Å². The molecule has 2 amide bonds. The number of benzene rings is 1. The molecule has 0 spiro atoms. The zero-order chi connectivity index (χ0) is 16.6. The Hall–Kier alpha value is -1.34. The minimum absolute atomic E-state index is 0.0644. The van der Waals surface area contributed by atoms with E-state index in [0.717, 1.165) is 15.0 Å². The van der Waals surface area contributed by atoms with Gasteiger partial charge in [0.15, 0.2) is 6.54 Å². The molecule has 1 fully saturated rings. The van der Waals surface area contributed by atoms with Crippen molar-refractivity contribution in [1.29, 1.82) is 0 Å². The molecule has 0 bridgehead atoms. The van der Waals surface area contributed by atoms with Crippen molar-refractivity contribution >= 4 is 56.4 Å². The largest absolute Gasteiger partial charge is 0.365 e. The number of carbonyl (C=O) groups is 2. The number of nitrogens with two attached hydrogens (primary N) is 1. The van der Waals surface area contributed by atoms with Crippen molar-refractivity contribution in [3.63, 3.8) is 0 Å². The summed E-state index contributed by atoms with van der Waals surface area (Å²) in [6, 6.07) is 5.42. The second-order valence-electron chi connectivity index (χ2n) is 5.57. The Bertz CT molecular complexity index is 769. The fourth-order valence-corrected chi connectivity index (χ4v) is 4.53. The van der Waals surface area contributed by atoms with Crippen LogP contribution < -0.4 is 10.6 Å². The van der Waals surface area contributed by atoms with E-state index >= 15 is 0 Å². The highest BCUT2D eigenvalue weighted by Crippen LogP contribution is 2.37. The van der Waals surface area contributed by atoms with E-state index in [1.807, 2.05) is 12.1 Å². The van der Waals surface area contributed by atoms with Gasteiger partial charge in [0.25, 0.3) is 11.8 Å². The number of thiophene rings is 1.